The maximum Gasteiger partial charge on any atom is 0.137 e. The van der Waals surface area contributed by atoms with Gasteiger partial charge < -0.3 is 13.9 Å². The number of benzene rings is 9. The van der Waals surface area contributed by atoms with Crippen molar-refractivity contribution in [2.24, 2.45) is 0 Å². The van der Waals surface area contributed by atoms with E-state index in [9.17, 15) is 0 Å². The first-order valence-corrected chi connectivity index (χ1v) is 19.4. The van der Waals surface area contributed by atoms with Gasteiger partial charge in [0.25, 0.3) is 0 Å². The van der Waals surface area contributed by atoms with Crippen molar-refractivity contribution >= 4 is 60.8 Å². The van der Waals surface area contributed by atoms with Crippen LogP contribution in [0.25, 0.3) is 82.8 Å². The smallest absolute Gasteiger partial charge is 0.137 e. The molecule has 9 aromatic carbocycles. The summed E-state index contributed by atoms with van der Waals surface area (Å²) >= 11 is 0. The van der Waals surface area contributed by atoms with Gasteiger partial charge in [0.2, 0.25) is 0 Å². The zero-order valence-corrected chi connectivity index (χ0v) is 31.1. The van der Waals surface area contributed by atoms with Gasteiger partial charge in [0, 0.05) is 33.1 Å². The average Bonchev–Trinajstić information content (AvgIpc) is 3.84. The highest BCUT2D eigenvalue weighted by atomic mass is 16.3. The van der Waals surface area contributed by atoms with Crippen molar-refractivity contribution < 1.29 is 4.42 Å². The summed E-state index contributed by atoms with van der Waals surface area (Å²) in [4.78, 5) is 2.43. The van der Waals surface area contributed by atoms with Gasteiger partial charge in [-0.1, -0.05) is 164 Å². The summed E-state index contributed by atoms with van der Waals surface area (Å²) in [6.07, 6.45) is 0. The molecule has 268 valence electrons. The van der Waals surface area contributed by atoms with Gasteiger partial charge >= 0.3 is 0 Å². The molecule has 0 amide bonds. The Morgan fingerprint density at radius 1 is 0.351 bits per heavy atom. The van der Waals surface area contributed by atoms with E-state index in [0.717, 1.165) is 55.8 Å². The zero-order valence-electron chi connectivity index (χ0n) is 31.1. The van der Waals surface area contributed by atoms with Crippen LogP contribution in [0.3, 0.4) is 0 Å². The van der Waals surface area contributed by atoms with Crippen LogP contribution in [0.2, 0.25) is 0 Å². The second-order valence-electron chi connectivity index (χ2n) is 14.4. The van der Waals surface area contributed by atoms with Gasteiger partial charge in [0.15, 0.2) is 0 Å². The highest BCUT2D eigenvalue weighted by Crippen LogP contribution is 2.48. The summed E-state index contributed by atoms with van der Waals surface area (Å²) < 4.78 is 8.90. The van der Waals surface area contributed by atoms with Crippen molar-refractivity contribution in [2.75, 3.05) is 4.90 Å². The molecular weight excluding hydrogens is 693 g/mol. The molecule has 2 aromatic heterocycles. The predicted molar refractivity (Wildman–Crippen MR) is 239 cm³/mol. The Morgan fingerprint density at radius 2 is 0.860 bits per heavy atom. The Kier molecular flexibility index (Phi) is 7.82. The monoisotopic (exact) mass is 728 g/mol. The summed E-state index contributed by atoms with van der Waals surface area (Å²) in [6, 6.07) is 78.2. The molecule has 0 saturated carbocycles. The molecule has 0 spiro atoms. The van der Waals surface area contributed by atoms with E-state index in [1.807, 2.05) is 6.07 Å². The zero-order chi connectivity index (χ0) is 37.7. The lowest BCUT2D eigenvalue weighted by molar-refractivity contribution is 0.669. The minimum Gasteiger partial charge on any atom is -0.456 e. The summed E-state index contributed by atoms with van der Waals surface area (Å²) in [7, 11) is 0. The van der Waals surface area contributed by atoms with Gasteiger partial charge in [0.1, 0.15) is 11.2 Å². The Bertz CT molecular complexity index is 3210. The lowest BCUT2D eigenvalue weighted by Gasteiger charge is -2.29. The molecule has 0 aliphatic carbocycles. The highest BCUT2D eigenvalue weighted by Gasteiger charge is 2.24. The van der Waals surface area contributed by atoms with E-state index in [1.54, 1.807) is 0 Å². The van der Waals surface area contributed by atoms with Crippen LogP contribution in [0, 0.1) is 0 Å². The fourth-order valence-corrected chi connectivity index (χ4v) is 8.76. The molecule has 0 N–H and O–H groups in total. The molecule has 3 heteroatoms. The van der Waals surface area contributed by atoms with Crippen LogP contribution < -0.4 is 4.90 Å². The summed E-state index contributed by atoms with van der Waals surface area (Å²) in [5, 5.41) is 4.64. The van der Waals surface area contributed by atoms with Gasteiger partial charge in [0.05, 0.1) is 27.8 Å². The van der Waals surface area contributed by atoms with Crippen molar-refractivity contribution in [1.82, 2.24) is 4.57 Å². The van der Waals surface area contributed by atoms with Crippen molar-refractivity contribution in [1.29, 1.82) is 0 Å². The minimum atomic E-state index is 0.854. The van der Waals surface area contributed by atoms with E-state index in [0.29, 0.717) is 0 Å². The molecule has 2 heterocycles. The summed E-state index contributed by atoms with van der Waals surface area (Å²) in [6.45, 7) is 0. The molecule has 0 fully saturated rings. The van der Waals surface area contributed by atoms with Gasteiger partial charge in [-0.2, -0.15) is 0 Å². The lowest BCUT2D eigenvalue weighted by Crippen LogP contribution is -2.12. The van der Waals surface area contributed by atoms with Crippen LogP contribution >= 0.6 is 0 Å². The molecule has 0 radical (unpaired) electrons. The molecule has 11 aromatic rings. The van der Waals surface area contributed by atoms with Crippen molar-refractivity contribution in [3.8, 4) is 39.1 Å². The third kappa shape index (κ3) is 5.43. The van der Waals surface area contributed by atoms with E-state index in [-0.39, 0.29) is 0 Å². The van der Waals surface area contributed by atoms with E-state index >= 15 is 0 Å². The topological polar surface area (TPSA) is 21.3 Å². The second-order valence-corrected chi connectivity index (χ2v) is 14.4. The molecule has 0 bridgehead atoms. The number of hydrogen-bond acceptors (Lipinski definition) is 2. The number of fused-ring (bicyclic) bond motifs is 6. The molecule has 11 rings (SSSR count). The molecule has 0 saturated heterocycles. The SMILES string of the molecule is c1ccc(-c2ccccc2-c2ccccc2-c2ccccc2N(c2cccc(-n3c4ccccc4c4ccccc43)c2)c2cccc3oc4ccccc4c23)cc1. The van der Waals surface area contributed by atoms with Crippen LogP contribution in [0.15, 0.2) is 223 Å². The average molecular weight is 729 g/mol. The van der Waals surface area contributed by atoms with Gasteiger partial charge in [-0.15, -0.1) is 0 Å². The summed E-state index contributed by atoms with van der Waals surface area (Å²) in [5.41, 5.74) is 15.4. The second kappa shape index (κ2) is 13.6. The van der Waals surface area contributed by atoms with Crippen LogP contribution in [-0.2, 0) is 0 Å². The molecular formula is C54H36N2O. The largest absolute Gasteiger partial charge is 0.456 e. The van der Waals surface area contributed by atoms with Gasteiger partial charge in [-0.05, 0) is 82.4 Å². The molecule has 3 nitrogen and oxygen atoms in total. The Morgan fingerprint density at radius 3 is 1.60 bits per heavy atom. The van der Waals surface area contributed by atoms with Crippen LogP contribution in [0.4, 0.5) is 17.1 Å². The first-order chi connectivity index (χ1) is 28.3. The maximum atomic E-state index is 6.51. The summed E-state index contributed by atoms with van der Waals surface area (Å²) in [5.74, 6) is 0. The lowest BCUT2D eigenvalue weighted by atomic mass is 9.88. The molecule has 0 unspecified atom stereocenters. The number of hydrogen-bond donors (Lipinski definition) is 0. The quantitative estimate of drug-likeness (QED) is 0.163. The molecule has 0 atom stereocenters. The third-order valence-corrected chi connectivity index (χ3v) is 11.2. The van der Waals surface area contributed by atoms with E-state index in [1.165, 1.54) is 44.1 Å². The molecule has 0 aliphatic rings. The standard InChI is InChI=1S/C54H36N2O/c1-2-18-37(19-3-1)40-22-4-5-23-41(40)42-24-6-7-25-43(42)44-26-8-12-30-48(44)56(51-33-17-35-53-54(51)47-29-11-15-34-52(47)57-53)39-21-16-20-38(36-39)55-49-31-13-9-27-45(49)46-28-10-14-32-50(46)55/h1-36H. The fraction of sp³-hybridized carbons (Fsp3) is 0. The number of para-hydroxylation sites is 4. The van der Waals surface area contributed by atoms with E-state index < -0.39 is 0 Å². The Labute approximate surface area is 330 Å². The number of anilines is 3. The highest BCUT2D eigenvalue weighted by molar-refractivity contribution is 6.14. The van der Waals surface area contributed by atoms with Crippen LogP contribution in [0.5, 0.6) is 0 Å². The first kappa shape index (κ1) is 32.8. The first-order valence-electron chi connectivity index (χ1n) is 19.4. The fourth-order valence-electron chi connectivity index (χ4n) is 8.76. The minimum absolute atomic E-state index is 0.854. The Hall–Kier alpha value is -7.62. The van der Waals surface area contributed by atoms with Gasteiger partial charge in [-0.25, -0.2) is 0 Å². The number of furan rings is 1. The normalized spacial score (nSPS) is 11.5. The van der Waals surface area contributed by atoms with Crippen molar-refractivity contribution in [3.05, 3.63) is 218 Å². The number of aromatic nitrogens is 1. The van der Waals surface area contributed by atoms with Crippen molar-refractivity contribution in [2.45, 2.75) is 0 Å². The maximum absolute atomic E-state index is 6.51. The van der Waals surface area contributed by atoms with Crippen LogP contribution in [0.1, 0.15) is 0 Å². The predicted octanol–water partition coefficient (Wildman–Crippen LogP) is 15.2. The molecule has 57 heavy (non-hydrogen) atoms. The number of rotatable bonds is 7. The molecule has 0 aliphatic heterocycles. The van der Waals surface area contributed by atoms with Crippen molar-refractivity contribution in [3.63, 3.8) is 0 Å². The number of nitrogens with zero attached hydrogens (tertiary/aromatic N) is 2. The van der Waals surface area contributed by atoms with E-state index in [2.05, 4.69) is 222 Å². The third-order valence-electron chi connectivity index (χ3n) is 11.2. The van der Waals surface area contributed by atoms with Gasteiger partial charge in [-0.3, -0.25) is 0 Å². The van der Waals surface area contributed by atoms with E-state index in [4.69, 9.17) is 4.42 Å². The van der Waals surface area contributed by atoms with Crippen LogP contribution in [-0.4, -0.2) is 4.57 Å². The Balaban J connectivity index is 1.18.